The van der Waals surface area contributed by atoms with E-state index in [1.165, 1.54) is 45.1 Å². The maximum atomic E-state index is 8.89. The van der Waals surface area contributed by atoms with Gasteiger partial charge >= 0.3 is 0 Å². The molecule has 2 heteroatoms. The summed E-state index contributed by atoms with van der Waals surface area (Å²) in [5.74, 6) is 0. The van der Waals surface area contributed by atoms with Crippen LogP contribution < -0.4 is 0 Å². The highest BCUT2D eigenvalue weighted by atomic mass is 16.2. The topological polar surface area (TPSA) is 23.5 Å². The van der Waals surface area contributed by atoms with Gasteiger partial charge < -0.3 is 5.11 Å². The van der Waals surface area contributed by atoms with Crippen molar-refractivity contribution in [3.05, 3.63) is 12.2 Å². The van der Waals surface area contributed by atoms with Gasteiger partial charge in [0, 0.05) is 18.7 Å². The Bertz CT molecular complexity index is 215. The van der Waals surface area contributed by atoms with Crippen molar-refractivity contribution >= 4 is 0 Å². The van der Waals surface area contributed by atoms with Crippen molar-refractivity contribution in [1.82, 2.24) is 4.90 Å². The standard InChI is InChI=1S/C13H23NO/c15-11-5-9-13-8-4-10-14(13)12-6-2-1-3-7-12/h2,6,12-13,15H,1,3-5,7-11H2/t12-,13+/m1/s1. The first-order valence-corrected chi connectivity index (χ1v) is 6.45. The molecule has 2 aliphatic rings. The monoisotopic (exact) mass is 209 g/mol. The first kappa shape index (κ1) is 11.2. The fraction of sp³-hybridized carbons (Fsp3) is 0.846. The molecule has 1 fully saturated rings. The molecule has 2 rings (SSSR count). The molecule has 0 aromatic heterocycles. The lowest BCUT2D eigenvalue weighted by Gasteiger charge is -2.32. The zero-order valence-corrected chi connectivity index (χ0v) is 9.57. The van der Waals surface area contributed by atoms with Crippen molar-refractivity contribution in [1.29, 1.82) is 0 Å². The van der Waals surface area contributed by atoms with Crippen LogP contribution in [0, 0.1) is 0 Å². The largest absolute Gasteiger partial charge is 0.396 e. The minimum absolute atomic E-state index is 0.352. The molecule has 0 spiro atoms. The van der Waals surface area contributed by atoms with Crippen LogP contribution in [0.25, 0.3) is 0 Å². The molecule has 0 saturated carbocycles. The van der Waals surface area contributed by atoms with Crippen LogP contribution in [0.15, 0.2) is 12.2 Å². The minimum Gasteiger partial charge on any atom is -0.396 e. The lowest BCUT2D eigenvalue weighted by molar-refractivity contribution is 0.176. The third-order valence-electron chi connectivity index (χ3n) is 3.77. The van der Waals surface area contributed by atoms with Gasteiger partial charge in [-0.1, -0.05) is 12.2 Å². The Balaban J connectivity index is 1.88. The van der Waals surface area contributed by atoms with Crippen LogP contribution in [0.1, 0.15) is 44.9 Å². The van der Waals surface area contributed by atoms with E-state index in [0.717, 1.165) is 12.5 Å². The summed E-state index contributed by atoms with van der Waals surface area (Å²) in [7, 11) is 0. The first-order valence-electron chi connectivity index (χ1n) is 6.45. The van der Waals surface area contributed by atoms with Gasteiger partial charge in [-0.15, -0.1) is 0 Å². The predicted molar refractivity (Wildman–Crippen MR) is 62.8 cm³/mol. The van der Waals surface area contributed by atoms with Crippen molar-refractivity contribution in [3.8, 4) is 0 Å². The average molecular weight is 209 g/mol. The second-order valence-corrected chi connectivity index (χ2v) is 4.83. The van der Waals surface area contributed by atoms with E-state index in [4.69, 9.17) is 5.11 Å². The van der Waals surface area contributed by atoms with E-state index < -0.39 is 0 Å². The molecule has 0 aromatic carbocycles. The van der Waals surface area contributed by atoms with Gasteiger partial charge in [0.05, 0.1) is 0 Å². The van der Waals surface area contributed by atoms with E-state index in [1.807, 2.05) is 0 Å². The van der Waals surface area contributed by atoms with Crippen LogP contribution >= 0.6 is 0 Å². The molecule has 0 unspecified atom stereocenters. The molecule has 1 aliphatic carbocycles. The number of hydrogen-bond acceptors (Lipinski definition) is 2. The van der Waals surface area contributed by atoms with Gasteiger partial charge in [0.2, 0.25) is 0 Å². The number of hydrogen-bond donors (Lipinski definition) is 1. The molecule has 1 N–H and O–H groups in total. The molecular weight excluding hydrogens is 186 g/mol. The van der Waals surface area contributed by atoms with Crippen LogP contribution in [-0.4, -0.2) is 35.2 Å². The Morgan fingerprint density at radius 3 is 2.93 bits per heavy atom. The maximum absolute atomic E-state index is 8.89. The molecule has 2 atom stereocenters. The van der Waals surface area contributed by atoms with Gasteiger partial charge in [-0.2, -0.15) is 0 Å². The molecule has 0 radical (unpaired) electrons. The Morgan fingerprint density at radius 2 is 2.20 bits per heavy atom. The molecule has 0 amide bonds. The third kappa shape index (κ3) is 2.82. The Hall–Kier alpha value is -0.340. The van der Waals surface area contributed by atoms with Gasteiger partial charge in [0.1, 0.15) is 0 Å². The summed E-state index contributed by atoms with van der Waals surface area (Å²) in [5, 5.41) is 8.89. The molecular formula is C13H23NO. The van der Waals surface area contributed by atoms with E-state index in [9.17, 15) is 0 Å². The van der Waals surface area contributed by atoms with E-state index in [-0.39, 0.29) is 0 Å². The molecule has 0 bridgehead atoms. The molecule has 1 aliphatic heterocycles. The van der Waals surface area contributed by atoms with Gasteiger partial charge in [-0.25, -0.2) is 0 Å². The van der Waals surface area contributed by atoms with E-state index in [1.54, 1.807) is 0 Å². The fourth-order valence-corrected chi connectivity index (χ4v) is 3.00. The van der Waals surface area contributed by atoms with Gasteiger partial charge in [-0.05, 0) is 51.5 Å². The molecule has 2 nitrogen and oxygen atoms in total. The van der Waals surface area contributed by atoms with Crippen molar-refractivity contribution < 1.29 is 5.11 Å². The fourth-order valence-electron chi connectivity index (χ4n) is 3.00. The summed E-state index contributed by atoms with van der Waals surface area (Å²) in [6.45, 7) is 1.62. The Labute approximate surface area is 93.0 Å². The molecule has 86 valence electrons. The van der Waals surface area contributed by atoms with Crippen molar-refractivity contribution in [2.75, 3.05) is 13.2 Å². The molecule has 1 heterocycles. The summed E-state index contributed by atoms with van der Waals surface area (Å²) < 4.78 is 0. The zero-order chi connectivity index (χ0) is 10.5. The molecule has 15 heavy (non-hydrogen) atoms. The normalized spacial score (nSPS) is 32.3. The second-order valence-electron chi connectivity index (χ2n) is 4.83. The van der Waals surface area contributed by atoms with Gasteiger partial charge in [0.15, 0.2) is 0 Å². The van der Waals surface area contributed by atoms with Crippen LogP contribution in [0.5, 0.6) is 0 Å². The minimum atomic E-state index is 0.352. The first-order chi connectivity index (χ1) is 7.42. The Kier molecular flexibility index (Phi) is 4.21. The van der Waals surface area contributed by atoms with Crippen LogP contribution in [0.4, 0.5) is 0 Å². The quantitative estimate of drug-likeness (QED) is 0.718. The maximum Gasteiger partial charge on any atom is 0.0431 e. The lowest BCUT2D eigenvalue weighted by Crippen LogP contribution is -2.38. The summed E-state index contributed by atoms with van der Waals surface area (Å²) in [4.78, 5) is 2.67. The number of rotatable bonds is 4. The molecule has 1 saturated heterocycles. The SMILES string of the molecule is OCCC[C@@H]1CCCN1[C@@H]1C=CCCC1. The van der Waals surface area contributed by atoms with Crippen molar-refractivity contribution in [2.24, 2.45) is 0 Å². The Morgan fingerprint density at radius 1 is 1.27 bits per heavy atom. The summed E-state index contributed by atoms with van der Waals surface area (Å²) >= 11 is 0. The summed E-state index contributed by atoms with van der Waals surface area (Å²) in [5.41, 5.74) is 0. The lowest BCUT2D eigenvalue weighted by atomic mass is 9.99. The van der Waals surface area contributed by atoms with E-state index >= 15 is 0 Å². The highest BCUT2D eigenvalue weighted by molar-refractivity contribution is 5.01. The number of aliphatic hydroxyl groups is 1. The van der Waals surface area contributed by atoms with Crippen molar-refractivity contribution in [2.45, 2.75) is 57.0 Å². The van der Waals surface area contributed by atoms with Gasteiger partial charge in [0.25, 0.3) is 0 Å². The highest BCUT2D eigenvalue weighted by Gasteiger charge is 2.29. The second kappa shape index (κ2) is 5.66. The summed E-state index contributed by atoms with van der Waals surface area (Å²) in [6, 6.07) is 1.44. The number of aliphatic hydroxyl groups excluding tert-OH is 1. The molecule has 0 aromatic rings. The number of nitrogens with zero attached hydrogens (tertiary/aromatic N) is 1. The third-order valence-corrected chi connectivity index (χ3v) is 3.77. The van der Waals surface area contributed by atoms with Crippen LogP contribution in [-0.2, 0) is 0 Å². The van der Waals surface area contributed by atoms with Gasteiger partial charge in [-0.3, -0.25) is 4.90 Å². The van der Waals surface area contributed by atoms with Crippen LogP contribution in [0.2, 0.25) is 0 Å². The van der Waals surface area contributed by atoms with E-state index in [0.29, 0.717) is 12.6 Å². The van der Waals surface area contributed by atoms with Crippen LogP contribution in [0.3, 0.4) is 0 Å². The summed E-state index contributed by atoms with van der Waals surface area (Å²) in [6.07, 6.45) is 13.5. The zero-order valence-electron chi connectivity index (χ0n) is 9.57. The average Bonchev–Trinajstić information content (AvgIpc) is 2.75. The van der Waals surface area contributed by atoms with Crippen molar-refractivity contribution in [3.63, 3.8) is 0 Å². The smallest absolute Gasteiger partial charge is 0.0431 e. The van der Waals surface area contributed by atoms with E-state index in [2.05, 4.69) is 17.1 Å². The number of likely N-dealkylation sites (tertiary alicyclic amines) is 1. The number of allylic oxidation sites excluding steroid dienone is 1. The predicted octanol–water partition coefficient (Wildman–Crippen LogP) is 2.33. The highest BCUT2D eigenvalue weighted by Crippen LogP contribution is 2.27.